The Labute approximate surface area is 64.9 Å². The summed E-state index contributed by atoms with van der Waals surface area (Å²) in [5.41, 5.74) is 10.3. The first kappa shape index (κ1) is 10.3. The third-order valence-corrected chi connectivity index (χ3v) is 0.958. The zero-order chi connectivity index (χ0) is 8.69. The molecule has 0 amide bonds. The minimum absolute atomic E-state index is 0.0402. The maximum Gasteiger partial charge on any atom is 0.317 e. The van der Waals surface area contributed by atoms with E-state index in [4.69, 9.17) is 16.6 Å². The van der Waals surface area contributed by atoms with Crippen molar-refractivity contribution in [3.05, 3.63) is 0 Å². The highest BCUT2D eigenvalue weighted by molar-refractivity contribution is 5.68. The van der Waals surface area contributed by atoms with Crippen LogP contribution in [-0.2, 0) is 4.79 Å². The summed E-state index contributed by atoms with van der Waals surface area (Å²) in [6, 6.07) is 0. The Morgan fingerprint density at radius 1 is 1.45 bits per heavy atom. The fraction of sp³-hybridized carbons (Fsp3) is 0.800. The topological polar surface area (TPSA) is 113 Å². The molecule has 0 atom stereocenters. The standard InChI is InChI=1S/C5H14N4O2/c6-5(7)9-2-1-8-3-4(10)11/h5,8-9H,1-3,6-7H2,(H,10,11). The van der Waals surface area contributed by atoms with E-state index in [0.29, 0.717) is 13.1 Å². The van der Waals surface area contributed by atoms with E-state index < -0.39 is 12.3 Å². The van der Waals surface area contributed by atoms with Gasteiger partial charge in [-0.2, -0.15) is 0 Å². The van der Waals surface area contributed by atoms with Crippen LogP contribution in [0.25, 0.3) is 0 Å². The first-order valence-corrected chi connectivity index (χ1v) is 3.30. The predicted octanol–water partition coefficient (Wildman–Crippen LogP) is -2.55. The lowest BCUT2D eigenvalue weighted by atomic mass is 10.5. The number of carbonyl (C=O) groups is 1. The molecule has 0 rings (SSSR count). The number of rotatable bonds is 6. The molecule has 0 aromatic rings. The molecule has 0 radical (unpaired) electrons. The molecular formula is C5H14N4O2. The van der Waals surface area contributed by atoms with Crippen LogP contribution in [0.1, 0.15) is 0 Å². The van der Waals surface area contributed by atoms with Crippen molar-refractivity contribution in [1.82, 2.24) is 10.6 Å². The Hall–Kier alpha value is -0.690. The van der Waals surface area contributed by atoms with Crippen LogP contribution >= 0.6 is 0 Å². The summed E-state index contributed by atoms with van der Waals surface area (Å²) in [5.74, 6) is -0.873. The van der Waals surface area contributed by atoms with Crippen molar-refractivity contribution in [2.75, 3.05) is 19.6 Å². The monoisotopic (exact) mass is 162 g/mol. The van der Waals surface area contributed by atoms with Crippen molar-refractivity contribution < 1.29 is 9.90 Å². The third-order valence-electron chi connectivity index (χ3n) is 0.958. The van der Waals surface area contributed by atoms with Crippen LogP contribution < -0.4 is 22.1 Å². The van der Waals surface area contributed by atoms with Crippen LogP contribution in [0.15, 0.2) is 0 Å². The van der Waals surface area contributed by atoms with Crippen LogP contribution in [0, 0.1) is 0 Å². The first-order valence-electron chi connectivity index (χ1n) is 3.30. The third kappa shape index (κ3) is 9.31. The zero-order valence-corrected chi connectivity index (χ0v) is 6.21. The molecule has 7 N–H and O–H groups in total. The van der Waals surface area contributed by atoms with Gasteiger partial charge in [0.2, 0.25) is 0 Å². The maximum absolute atomic E-state index is 9.96. The molecule has 0 aliphatic carbocycles. The highest BCUT2D eigenvalue weighted by atomic mass is 16.4. The summed E-state index contributed by atoms with van der Waals surface area (Å²) >= 11 is 0. The minimum atomic E-state index is -0.873. The first-order chi connectivity index (χ1) is 5.13. The van der Waals surface area contributed by atoms with Crippen molar-refractivity contribution in [2.24, 2.45) is 11.5 Å². The highest BCUT2D eigenvalue weighted by Crippen LogP contribution is 1.61. The van der Waals surface area contributed by atoms with Crippen molar-refractivity contribution in [2.45, 2.75) is 6.29 Å². The molecular weight excluding hydrogens is 148 g/mol. The summed E-state index contributed by atoms with van der Waals surface area (Å²) in [7, 11) is 0. The summed E-state index contributed by atoms with van der Waals surface area (Å²) in [6.45, 7) is 1.06. The number of hydrogen-bond donors (Lipinski definition) is 5. The normalized spacial score (nSPS) is 10.5. The molecule has 66 valence electrons. The summed E-state index contributed by atoms with van der Waals surface area (Å²) < 4.78 is 0. The van der Waals surface area contributed by atoms with Gasteiger partial charge >= 0.3 is 5.97 Å². The Morgan fingerprint density at radius 3 is 2.55 bits per heavy atom. The molecule has 0 bridgehead atoms. The van der Waals surface area contributed by atoms with Gasteiger partial charge in [-0.05, 0) is 0 Å². The molecule has 11 heavy (non-hydrogen) atoms. The molecule has 6 heteroatoms. The fourth-order valence-corrected chi connectivity index (χ4v) is 0.523. The Bertz CT molecular complexity index is 117. The van der Waals surface area contributed by atoms with E-state index in [1.165, 1.54) is 0 Å². The van der Waals surface area contributed by atoms with Crippen LogP contribution in [0.5, 0.6) is 0 Å². The summed E-state index contributed by atoms with van der Waals surface area (Å²) in [5, 5.41) is 13.6. The van der Waals surface area contributed by atoms with Gasteiger partial charge in [0.15, 0.2) is 0 Å². The lowest BCUT2D eigenvalue weighted by Crippen LogP contribution is -2.47. The second-order valence-corrected chi connectivity index (χ2v) is 2.05. The highest BCUT2D eigenvalue weighted by Gasteiger charge is 1.94. The van der Waals surface area contributed by atoms with Gasteiger partial charge in [-0.25, -0.2) is 0 Å². The lowest BCUT2D eigenvalue weighted by molar-refractivity contribution is -0.135. The largest absolute Gasteiger partial charge is 0.480 e. The molecule has 0 aromatic heterocycles. The van der Waals surface area contributed by atoms with Gasteiger partial charge in [-0.15, -0.1) is 0 Å². The lowest BCUT2D eigenvalue weighted by Gasteiger charge is -2.07. The van der Waals surface area contributed by atoms with Gasteiger partial charge in [0.05, 0.1) is 6.54 Å². The van der Waals surface area contributed by atoms with Gasteiger partial charge in [0, 0.05) is 13.1 Å². The molecule has 0 spiro atoms. The van der Waals surface area contributed by atoms with Crippen molar-refractivity contribution in [3.8, 4) is 0 Å². The van der Waals surface area contributed by atoms with Gasteiger partial charge < -0.3 is 21.9 Å². The second kappa shape index (κ2) is 6.05. The minimum Gasteiger partial charge on any atom is -0.480 e. The predicted molar refractivity (Wildman–Crippen MR) is 40.7 cm³/mol. The number of aliphatic carboxylic acids is 1. The molecule has 6 nitrogen and oxygen atoms in total. The van der Waals surface area contributed by atoms with E-state index in [9.17, 15) is 4.79 Å². The Balaban J connectivity index is 2.97. The molecule has 0 fully saturated rings. The molecule has 0 saturated heterocycles. The molecule has 0 heterocycles. The number of nitrogens with one attached hydrogen (secondary N) is 2. The molecule has 0 aromatic carbocycles. The molecule has 0 aliphatic rings. The van der Waals surface area contributed by atoms with Crippen LogP contribution in [0.4, 0.5) is 0 Å². The van der Waals surface area contributed by atoms with Crippen molar-refractivity contribution in [1.29, 1.82) is 0 Å². The van der Waals surface area contributed by atoms with Crippen molar-refractivity contribution >= 4 is 5.97 Å². The number of hydrogen-bond acceptors (Lipinski definition) is 5. The number of carboxylic acids is 1. The fourth-order valence-electron chi connectivity index (χ4n) is 0.523. The van der Waals surface area contributed by atoms with Gasteiger partial charge in [-0.3, -0.25) is 10.1 Å². The van der Waals surface area contributed by atoms with Gasteiger partial charge in [-0.1, -0.05) is 0 Å². The average Bonchev–Trinajstić information content (AvgIpc) is 1.85. The SMILES string of the molecule is NC(N)NCCNCC(=O)O. The maximum atomic E-state index is 9.96. The van der Waals surface area contributed by atoms with Crippen molar-refractivity contribution in [3.63, 3.8) is 0 Å². The van der Waals surface area contributed by atoms with Crippen LogP contribution in [0.3, 0.4) is 0 Å². The van der Waals surface area contributed by atoms with E-state index in [1.54, 1.807) is 0 Å². The average molecular weight is 162 g/mol. The smallest absolute Gasteiger partial charge is 0.317 e. The van der Waals surface area contributed by atoms with E-state index in [0.717, 1.165) is 0 Å². The van der Waals surface area contributed by atoms with Crippen LogP contribution in [0.2, 0.25) is 0 Å². The van der Waals surface area contributed by atoms with Crippen LogP contribution in [-0.4, -0.2) is 37.0 Å². The Kier molecular flexibility index (Phi) is 5.67. The second-order valence-electron chi connectivity index (χ2n) is 2.05. The van der Waals surface area contributed by atoms with E-state index in [-0.39, 0.29) is 6.54 Å². The Morgan fingerprint density at radius 2 is 2.09 bits per heavy atom. The zero-order valence-electron chi connectivity index (χ0n) is 6.21. The molecule has 0 aliphatic heterocycles. The summed E-state index contributed by atoms with van der Waals surface area (Å²) in [6.07, 6.45) is -0.540. The van der Waals surface area contributed by atoms with E-state index >= 15 is 0 Å². The number of nitrogens with two attached hydrogens (primary N) is 2. The van der Waals surface area contributed by atoms with E-state index in [1.807, 2.05) is 0 Å². The molecule has 0 saturated carbocycles. The molecule has 0 unspecified atom stereocenters. The quantitative estimate of drug-likeness (QED) is 0.217. The van der Waals surface area contributed by atoms with E-state index in [2.05, 4.69) is 10.6 Å². The van der Waals surface area contributed by atoms with Gasteiger partial charge in [0.1, 0.15) is 6.29 Å². The van der Waals surface area contributed by atoms with Gasteiger partial charge in [0.25, 0.3) is 0 Å². The number of carboxylic acid groups (broad SMARTS) is 1. The summed E-state index contributed by atoms with van der Waals surface area (Å²) in [4.78, 5) is 9.96.